The number of carbonyl (C=O) groups is 4. The van der Waals surface area contributed by atoms with Gasteiger partial charge in [-0.05, 0) is 72.5 Å². The second kappa shape index (κ2) is 13.4. The third-order valence-electron chi connectivity index (χ3n) is 6.00. The van der Waals surface area contributed by atoms with Crippen LogP contribution in [0.2, 0.25) is 0 Å². The van der Waals surface area contributed by atoms with Gasteiger partial charge < -0.3 is 20.5 Å². The topological polar surface area (TPSA) is 122 Å². The Kier molecular flexibility index (Phi) is 9.53. The van der Waals surface area contributed by atoms with Crippen LogP contribution in [0.15, 0.2) is 89.8 Å². The van der Waals surface area contributed by atoms with E-state index in [1.54, 1.807) is 78.9 Å². The molecule has 204 valence electrons. The van der Waals surface area contributed by atoms with Crippen LogP contribution in [0.5, 0.6) is 0 Å². The number of fused-ring (bicyclic) bond motifs is 1. The predicted molar refractivity (Wildman–Crippen MR) is 156 cm³/mol. The zero-order chi connectivity index (χ0) is 28.5. The molecule has 0 aliphatic carbocycles. The van der Waals surface area contributed by atoms with Crippen LogP contribution in [0.3, 0.4) is 0 Å². The van der Waals surface area contributed by atoms with E-state index in [0.717, 1.165) is 17.7 Å². The van der Waals surface area contributed by atoms with E-state index >= 15 is 0 Å². The molecule has 0 aliphatic heterocycles. The summed E-state index contributed by atoms with van der Waals surface area (Å²) in [6, 6.07) is 23.5. The van der Waals surface area contributed by atoms with Crippen molar-refractivity contribution in [2.45, 2.75) is 24.7 Å². The number of rotatable bonds is 11. The number of carboxylic acid groups (broad SMARTS) is 1. The molecule has 0 fully saturated rings. The number of esters is 1. The van der Waals surface area contributed by atoms with Gasteiger partial charge in [0.25, 0.3) is 5.91 Å². The van der Waals surface area contributed by atoms with Gasteiger partial charge in [-0.3, -0.25) is 9.59 Å². The number of hydrogen-bond donors (Lipinski definition) is 3. The van der Waals surface area contributed by atoms with Crippen molar-refractivity contribution < 1.29 is 29.0 Å². The summed E-state index contributed by atoms with van der Waals surface area (Å²) in [6.45, 7) is 2.41. The molecule has 0 spiro atoms. The lowest BCUT2D eigenvalue weighted by atomic mass is 9.98. The van der Waals surface area contributed by atoms with Crippen LogP contribution in [0.1, 0.15) is 50.8 Å². The van der Waals surface area contributed by atoms with Gasteiger partial charge in [0, 0.05) is 27.2 Å². The van der Waals surface area contributed by atoms with E-state index < -0.39 is 11.9 Å². The summed E-state index contributed by atoms with van der Waals surface area (Å²) in [4.78, 5) is 49.9. The smallest absolute Gasteiger partial charge is 0.338 e. The Morgan fingerprint density at radius 1 is 0.800 bits per heavy atom. The highest BCUT2D eigenvalue weighted by Crippen LogP contribution is 2.25. The molecule has 0 saturated heterocycles. The molecule has 8 nitrogen and oxygen atoms in total. The van der Waals surface area contributed by atoms with Crippen LogP contribution in [-0.4, -0.2) is 41.2 Å². The van der Waals surface area contributed by atoms with Gasteiger partial charge in [-0.25, -0.2) is 9.59 Å². The second-order valence-electron chi connectivity index (χ2n) is 8.90. The van der Waals surface area contributed by atoms with Crippen molar-refractivity contribution in [2.24, 2.45) is 0 Å². The van der Waals surface area contributed by atoms with Gasteiger partial charge in [0.15, 0.2) is 0 Å². The average Bonchev–Trinajstić information content (AvgIpc) is 2.96. The first-order valence-corrected chi connectivity index (χ1v) is 13.7. The lowest BCUT2D eigenvalue weighted by Gasteiger charge is -2.11. The molecular weight excluding hydrogens is 528 g/mol. The minimum atomic E-state index is -1.10. The molecule has 0 atom stereocenters. The third-order valence-corrected chi connectivity index (χ3v) is 7.01. The molecule has 4 rings (SSSR count). The van der Waals surface area contributed by atoms with Crippen LogP contribution in [0.25, 0.3) is 10.8 Å². The molecule has 4 aromatic carbocycles. The number of thioether (sulfide) groups is 1. The minimum Gasteiger partial charge on any atom is -0.478 e. The van der Waals surface area contributed by atoms with E-state index in [-0.39, 0.29) is 28.8 Å². The highest BCUT2D eigenvalue weighted by molar-refractivity contribution is 8.00. The SMILES string of the molecule is CCCCOC(=O)c1ccc(NC(=O)CSc2ccc(NC(=O)c3cccc4cccc(C(=O)O)c34)cc2)cc1. The summed E-state index contributed by atoms with van der Waals surface area (Å²) < 4.78 is 5.19. The summed E-state index contributed by atoms with van der Waals surface area (Å²) in [6.07, 6.45) is 1.76. The van der Waals surface area contributed by atoms with Gasteiger partial charge in [-0.2, -0.15) is 0 Å². The van der Waals surface area contributed by atoms with Crippen molar-refractivity contribution in [3.05, 3.63) is 102 Å². The molecular formula is C31H28N2O6S. The summed E-state index contributed by atoms with van der Waals surface area (Å²) in [5, 5.41) is 16.2. The Bertz CT molecular complexity index is 1530. The van der Waals surface area contributed by atoms with Gasteiger partial charge >= 0.3 is 11.9 Å². The van der Waals surface area contributed by atoms with Crippen LogP contribution >= 0.6 is 11.8 Å². The lowest BCUT2D eigenvalue weighted by molar-refractivity contribution is -0.113. The first kappa shape index (κ1) is 28.4. The number of carboxylic acids is 1. The van der Waals surface area contributed by atoms with Crippen molar-refractivity contribution in [1.29, 1.82) is 0 Å². The molecule has 9 heteroatoms. The van der Waals surface area contributed by atoms with Crippen LogP contribution in [0.4, 0.5) is 11.4 Å². The number of benzene rings is 4. The molecule has 0 aromatic heterocycles. The van der Waals surface area contributed by atoms with Crippen LogP contribution < -0.4 is 10.6 Å². The number of anilines is 2. The Labute approximate surface area is 235 Å². The minimum absolute atomic E-state index is 0.0640. The van der Waals surface area contributed by atoms with Crippen LogP contribution in [0, 0.1) is 0 Å². The Morgan fingerprint density at radius 3 is 2.08 bits per heavy atom. The highest BCUT2D eigenvalue weighted by Gasteiger charge is 2.17. The number of amides is 2. The number of aromatic carboxylic acids is 1. The molecule has 0 radical (unpaired) electrons. The fourth-order valence-corrected chi connectivity index (χ4v) is 4.67. The summed E-state index contributed by atoms with van der Waals surface area (Å²) in [5.41, 5.74) is 1.88. The van der Waals surface area contributed by atoms with Gasteiger partial charge in [-0.1, -0.05) is 37.6 Å². The van der Waals surface area contributed by atoms with Crippen molar-refractivity contribution in [3.8, 4) is 0 Å². The molecule has 2 amide bonds. The number of unbranched alkanes of at least 4 members (excludes halogenated alkanes) is 1. The predicted octanol–water partition coefficient (Wildman–Crippen LogP) is 6.48. The monoisotopic (exact) mass is 556 g/mol. The molecule has 0 unspecified atom stereocenters. The van der Waals surface area contributed by atoms with E-state index in [4.69, 9.17) is 4.74 Å². The van der Waals surface area contributed by atoms with E-state index in [0.29, 0.717) is 34.3 Å². The van der Waals surface area contributed by atoms with Gasteiger partial charge in [-0.15, -0.1) is 11.8 Å². The van der Waals surface area contributed by atoms with Crippen molar-refractivity contribution >= 4 is 57.7 Å². The molecule has 0 aliphatic rings. The fraction of sp³-hybridized carbons (Fsp3) is 0.161. The lowest BCUT2D eigenvalue weighted by Crippen LogP contribution is -2.14. The third kappa shape index (κ3) is 7.27. The number of ether oxygens (including phenoxy) is 1. The van der Waals surface area contributed by atoms with E-state index in [1.807, 2.05) is 6.92 Å². The zero-order valence-electron chi connectivity index (χ0n) is 21.8. The second-order valence-corrected chi connectivity index (χ2v) is 9.95. The maximum Gasteiger partial charge on any atom is 0.338 e. The maximum absolute atomic E-state index is 13.0. The molecule has 4 aromatic rings. The molecule has 3 N–H and O–H groups in total. The van der Waals surface area contributed by atoms with Crippen LogP contribution in [-0.2, 0) is 9.53 Å². The Morgan fingerprint density at radius 2 is 1.43 bits per heavy atom. The molecule has 0 saturated carbocycles. The van der Waals surface area contributed by atoms with E-state index in [2.05, 4.69) is 10.6 Å². The first-order valence-electron chi connectivity index (χ1n) is 12.7. The normalized spacial score (nSPS) is 10.6. The largest absolute Gasteiger partial charge is 0.478 e. The van der Waals surface area contributed by atoms with Crippen molar-refractivity contribution in [3.63, 3.8) is 0 Å². The van der Waals surface area contributed by atoms with Gasteiger partial charge in [0.1, 0.15) is 0 Å². The molecule has 0 bridgehead atoms. The number of hydrogen-bond acceptors (Lipinski definition) is 6. The van der Waals surface area contributed by atoms with E-state index in [1.165, 1.54) is 17.8 Å². The maximum atomic E-state index is 13.0. The standard InChI is InChI=1S/C31H28N2O6S/c1-2-3-18-39-31(38)21-10-12-22(13-11-21)32-27(34)19-40-24-16-14-23(15-17-24)33-29(35)25-8-4-6-20-7-5-9-26(28(20)25)30(36)37/h4-17H,2-3,18-19H2,1H3,(H,32,34)(H,33,35)(H,36,37). The van der Waals surface area contributed by atoms with Crippen molar-refractivity contribution in [2.75, 3.05) is 23.0 Å². The Balaban J connectivity index is 1.31. The number of carbonyl (C=O) groups excluding carboxylic acids is 3. The van der Waals surface area contributed by atoms with Gasteiger partial charge in [0.2, 0.25) is 5.91 Å². The number of nitrogens with one attached hydrogen (secondary N) is 2. The first-order chi connectivity index (χ1) is 19.4. The Hall–Kier alpha value is -4.63. The summed E-state index contributed by atoms with van der Waals surface area (Å²) in [5.74, 6) is -1.94. The molecule has 40 heavy (non-hydrogen) atoms. The van der Waals surface area contributed by atoms with Crippen molar-refractivity contribution in [1.82, 2.24) is 0 Å². The summed E-state index contributed by atoms with van der Waals surface area (Å²) in [7, 11) is 0. The highest BCUT2D eigenvalue weighted by atomic mass is 32.2. The summed E-state index contributed by atoms with van der Waals surface area (Å²) >= 11 is 1.33. The van der Waals surface area contributed by atoms with Gasteiger partial charge in [0.05, 0.1) is 23.5 Å². The van der Waals surface area contributed by atoms with E-state index in [9.17, 15) is 24.3 Å². The average molecular weight is 557 g/mol. The zero-order valence-corrected chi connectivity index (χ0v) is 22.6. The molecule has 0 heterocycles. The fourth-order valence-electron chi connectivity index (χ4n) is 3.97. The quantitative estimate of drug-likeness (QED) is 0.110.